The molecule has 0 bridgehead atoms. The Bertz CT molecular complexity index is 494. The van der Waals surface area contributed by atoms with Gasteiger partial charge in [-0.05, 0) is 45.3 Å². The molecule has 0 heterocycles. The molecule has 0 saturated carbocycles. The summed E-state index contributed by atoms with van der Waals surface area (Å²) in [6.45, 7) is 8.82. The van der Waals surface area contributed by atoms with Crippen molar-refractivity contribution in [3.8, 4) is 0 Å². The van der Waals surface area contributed by atoms with Crippen molar-refractivity contribution >= 4 is 29.9 Å². The van der Waals surface area contributed by atoms with Crippen LogP contribution in [-0.2, 0) is 0 Å². The summed E-state index contributed by atoms with van der Waals surface area (Å²) >= 11 is 0. The zero-order valence-corrected chi connectivity index (χ0v) is 19.2. The van der Waals surface area contributed by atoms with Crippen LogP contribution in [0.15, 0.2) is 35.3 Å². The van der Waals surface area contributed by atoms with Crippen LogP contribution < -0.4 is 10.6 Å². The number of benzene rings is 1. The van der Waals surface area contributed by atoms with Crippen LogP contribution in [0.4, 0.5) is 0 Å². The highest BCUT2D eigenvalue weighted by atomic mass is 127. The summed E-state index contributed by atoms with van der Waals surface area (Å²) in [7, 11) is 4.22. The molecule has 2 atom stereocenters. The summed E-state index contributed by atoms with van der Waals surface area (Å²) in [4.78, 5) is 6.97. The normalized spacial score (nSPS) is 14.1. The van der Waals surface area contributed by atoms with Gasteiger partial charge in [0.2, 0.25) is 0 Å². The number of aliphatic imine (C=N–C) groups is 1. The number of halogens is 1. The van der Waals surface area contributed by atoms with E-state index in [1.54, 1.807) is 0 Å². The molecule has 1 aromatic carbocycles. The summed E-state index contributed by atoms with van der Waals surface area (Å²) in [5.41, 5.74) is 0.954. The largest absolute Gasteiger partial charge is 0.388 e. The minimum absolute atomic E-state index is 0. The number of rotatable bonds is 10. The molecule has 0 spiro atoms. The molecule has 0 aromatic heterocycles. The highest BCUT2D eigenvalue weighted by Gasteiger charge is 2.13. The Kier molecular flexibility index (Phi) is 13.8. The van der Waals surface area contributed by atoms with Gasteiger partial charge in [-0.3, -0.25) is 4.99 Å². The maximum absolute atomic E-state index is 10.2. The molecule has 6 heteroatoms. The number of nitrogens with one attached hydrogen (secondary N) is 2. The molecule has 2 unspecified atom stereocenters. The molecule has 1 rings (SSSR count). The standard InChI is InChI=1S/C20H36N4O.HI/c1-6-21-20(23-15-18(24(4)5)14-16(2)3)22-13-12-19(25)17-10-8-7-9-11-17;/h7-11,16,18-19,25H,6,12-15H2,1-5H3,(H2,21,22,23);1H. The Morgan fingerprint density at radius 1 is 1.15 bits per heavy atom. The second-order valence-corrected chi connectivity index (χ2v) is 7.11. The van der Waals surface area contributed by atoms with Crippen molar-refractivity contribution in [2.45, 2.75) is 45.8 Å². The fraction of sp³-hybridized carbons (Fsp3) is 0.650. The van der Waals surface area contributed by atoms with Gasteiger partial charge in [0.1, 0.15) is 0 Å². The van der Waals surface area contributed by atoms with Crippen molar-refractivity contribution in [1.82, 2.24) is 15.5 Å². The minimum Gasteiger partial charge on any atom is -0.388 e. The summed E-state index contributed by atoms with van der Waals surface area (Å²) in [6.07, 6.45) is 1.33. The van der Waals surface area contributed by atoms with Gasteiger partial charge in [-0.25, -0.2) is 0 Å². The highest BCUT2D eigenvalue weighted by Crippen LogP contribution is 2.14. The van der Waals surface area contributed by atoms with Gasteiger partial charge in [0.15, 0.2) is 5.96 Å². The van der Waals surface area contributed by atoms with Gasteiger partial charge in [-0.1, -0.05) is 44.2 Å². The topological polar surface area (TPSA) is 59.9 Å². The predicted molar refractivity (Wildman–Crippen MR) is 122 cm³/mol. The van der Waals surface area contributed by atoms with Crippen LogP contribution in [-0.4, -0.2) is 55.7 Å². The third-order valence-corrected chi connectivity index (χ3v) is 4.17. The number of likely N-dealkylation sites (N-methyl/N-ethyl adjacent to an activating group) is 1. The molecule has 0 amide bonds. The number of aliphatic hydroxyl groups excluding tert-OH is 1. The smallest absolute Gasteiger partial charge is 0.191 e. The second-order valence-electron chi connectivity index (χ2n) is 7.11. The average molecular weight is 476 g/mol. The third-order valence-electron chi connectivity index (χ3n) is 4.17. The number of hydrogen-bond donors (Lipinski definition) is 3. The lowest BCUT2D eigenvalue weighted by atomic mass is 10.0. The van der Waals surface area contributed by atoms with Gasteiger partial charge >= 0.3 is 0 Å². The van der Waals surface area contributed by atoms with Gasteiger partial charge in [-0.2, -0.15) is 0 Å². The summed E-state index contributed by atoms with van der Waals surface area (Å²) in [6, 6.07) is 10.2. The first-order valence-corrected chi connectivity index (χ1v) is 9.35. The van der Waals surface area contributed by atoms with Gasteiger partial charge in [0, 0.05) is 19.1 Å². The molecule has 1 aromatic rings. The molecular weight excluding hydrogens is 439 g/mol. The number of nitrogens with zero attached hydrogens (tertiary/aromatic N) is 2. The van der Waals surface area contributed by atoms with Crippen molar-refractivity contribution in [3.63, 3.8) is 0 Å². The highest BCUT2D eigenvalue weighted by molar-refractivity contribution is 14.0. The molecule has 0 radical (unpaired) electrons. The quantitative estimate of drug-likeness (QED) is 0.276. The van der Waals surface area contributed by atoms with Crippen molar-refractivity contribution in [1.29, 1.82) is 0 Å². The molecule has 3 N–H and O–H groups in total. The molecule has 5 nitrogen and oxygen atoms in total. The van der Waals surface area contributed by atoms with Crippen molar-refractivity contribution in [3.05, 3.63) is 35.9 Å². The molecule has 0 fully saturated rings. The van der Waals surface area contributed by atoms with Crippen molar-refractivity contribution in [2.24, 2.45) is 10.9 Å². The van der Waals surface area contributed by atoms with E-state index in [-0.39, 0.29) is 24.0 Å². The van der Waals surface area contributed by atoms with Crippen LogP contribution in [0.5, 0.6) is 0 Å². The van der Waals surface area contributed by atoms with E-state index in [1.165, 1.54) is 0 Å². The zero-order valence-electron chi connectivity index (χ0n) is 16.9. The Morgan fingerprint density at radius 2 is 1.81 bits per heavy atom. The van der Waals surface area contributed by atoms with E-state index in [4.69, 9.17) is 4.99 Å². The van der Waals surface area contributed by atoms with E-state index in [0.29, 0.717) is 24.9 Å². The first kappa shape index (κ1) is 25.1. The number of guanidine groups is 1. The van der Waals surface area contributed by atoms with Gasteiger partial charge in [0.05, 0.1) is 12.6 Å². The fourth-order valence-corrected chi connectivity index (χ4v) is 2.70. The first-order valence-electron chi connectivity index (χ1n) is 9.35. The van der Waals surface area contributed by atoms with E-state index in [2.05, 4.69) is 50.4 Å². The van der Waals surface area contributed by atoms with E-state index in [9.17, 15) is 5.11 Å². The monoisotopic (exact) mass is 476 g/mol. The lowest BCUT2D eigenvalue weighted by Gasteiger charge is -2.25. The summed E-state index contributed by atoms with van der Waals surface area (Å²) in [5.74, 6) is 1.47. The fourth-order valence-electron chi connectivity index (χ4n) is 2.70. The Hall–Kier alpha value is -0.860. The first-order chi connectivity index (χ1) is 11.9. The van der Waals surface area contributed by atoms with Crippen LogP contribution in [0.2, 0.25) is 0 Å². The molecule has 0 aliphatic rings. The summed E-state index contributed by atoms with van der Waals surface area (Å²) in [5, 5.41) is 16.9. The van der Waals surface area contributed by atoms with Gasteiger partial charge < -0.3 is 20.6 Å². The van der Waals surface area contributed by atoms with Crippen LogP contribution in [0, 0.1) is 5.92 Å². The lowest BCUT2D eigenvalue weighted by molar-refractivity contribution is 0.168. The maximum Gasteiger partial charge on any atom is 0.191 e. The number of hydrogen-bond acceptors (Lipinski definition) is 3. The lowest BCUT2D eigenvalue weighted by Crippen LogP contribution is -2.40. The SMILES string of the molecule is CCNC(=NCC(CC(C)C)N(C)C)NCCC(O)c1ccccc1.I. The van der Waals surface area contributed by atoms with E-state index < -0.39 is 6.10 Å². The zero-order chi connectivity index (χ0) is 18.7. The van der Waals surface area contributed by atoms with Crippen molar-refractivity contribution < 1.29 is 5.11 Å². The third kappa shape index (κ3) is 10.3. The number of aliphatic hydroxyl groups is 1. The summed E-state index contributed by atoms with van der Waals surface area (Å²) < 4.78 is 0. The maximum atomic E-state index is 10.2. The predicted octanol–water partition coefficient (Wildman–Crippen LogP) is 3.26. The van der Waals surface area contributed by atoms with Gasteiger partial charge in [0.25, 0.3) is 0 Å². The van der Waals surface area contributed by atoms with E-state index >= 15 is 0 Å². The van der Waals surface area contributed by atoms with Gasteiger partial charge in [-0.15, -0.1) is 24.0 Å². The molecule has 0 saturated heterocycles. The molecule has 150 valence electrons. The average Bonchev–Trinajstić information content (AvgIpc) is 2.58. The van der Waals surface area contributed by atoms with Crippen LogP contribution in [0.1, 0.15) is 45.3 Å². The Balaban J connectivity index is 0.00000625. The van der Waals surface area contributed by atoms with Crippen LogP contribution >= 0.6 is 24.0 Å². The Labute approximate surface area is 176 Å². The molecular formula is C20H37IN4O. The molecule has 0 aliphatic heterocycles. The van der Waals surface area contributed by atoms with Crippen LogP contribution in [0.25, 0.3) is 0 Å². The van der Waals surface area contributed by atoms with Crippen LogP contribution in [0.3, 0.4) is 0 Å². The Morgan fingerprint density at radius 3 is 2.35 bits per heavy atom. The second kappa shape index (κ2) is 14.2. The van der Waals surface area contributed by atoms with Crippen molar-refractivity contribution in [2.75, 3.05) is 33.7 Å². The molecule has 0 aliphatic carbocycles. The van der Waals surface area contributed by atoms with E-state index in [0.717, 1.165) is 31.0 Å². The van der Waals surface area contributed by atoms with E-state index in [1.807, 2.05) is 30.3 Å². The molecule has 26 heavy (non-hydrogen) atoms. The minimum atomic E-state index is -0.452.